The molecule has 35 heavy (non-hydrogen) atoms. The van der Waals surface area contributed by atoms with Crippen LogP contribution in [-0.4, -0.2) is 35.3 Å². The third kappa shape index (κ3) is 6.21. The van der Waals surface area contributed by atoms with E-state index in [4.69, 9.17) is 19.2 Å². The molecule has 182 valence electrons. The largest absolute Gasteiger partial charge is 0.497 e. The molecular formula is C29H32N2O4. The van der Waals surface area contributed by atoms with E-state index < -0.39 is 0 Å². The number of hydrogen-bond donors (Lipinski definition) is 0. The molecule has 0 aliphatic rings. The number of rotatable bonds is 11. The summed E-state index contributed by atoms with van der Waals surface area (Å²) in [7, 11) is 1.67. The van der Waals surface area contributed by atoms with E-state index in [-0.39, 0.29) is 12.1 Å². The van der Waals surface area contributed by atoms with Crippen molar-refractivity contribution in [2.24, 2.45) is 0 Å². The molecule has 6 heteroatoms. The summed E-state index contributed by atoms with van der Waals surface area (Å²) in [6, 6.07) is 24.1. The number of unbranched alkanes of at least 4 members (excludes halogenated alkanes) is 2. The van der Waals surface area contributed by atoms with Gasteiger partial charge in [0.2, 0.25) is 0 Å². The molecule has 1 aromatic heterocycles. The minimum absolute atomic E-state index is 0.0606. The van der Waals surface area contributed by atoms with Crippen LogP contribution in [0, 0.1) is 0 Å². The number of methoxy groups -OCH3 is 1. The van der Waals surface area contributed by atoms with E-state index in [2.05, 4.69) is 16.7 Å². The lowest BCUT2D eigenvalue weighted by atomic mass is 10.2. The van der Waals surface area contributed by atoms with Crippen molar-refractivity contribution in [3.63, 3.8) is 0 Å². The minimum atomic E-state index is -0.132. The average Bonchev–Trinajstić information content (AvgIpc) is 3.25. The van der Waals surface area contributed by atoms with Crippen molar-refractivity contribution in [2.75, 3.05) is 13.7 Å². The van der Waals surface area contributed by atoms with Gasteiger partial charge >= 0.3 is 5.97 Å². The number of benzene rings is 3. The second-order valence-electron chi connectivity index (χ2n) is 8.69. The number of fused-ring (bicyclic) bond motifs is 1. The van der Waals surface area contributed by atoms with Crippen molar-refractivity contribution < 1.29 is 19.0 Å². The van der Waals surface area contributed by atoms with Crippen LogP contribution >= 0.6 is 0 Å². The molecule has 6 nitrogen and oxygen atoms in total. The van der Waals surface area contributed by atoms with E-state index in [0.29, 0.717) is 13.0 Å². The highest BCUT2D eigenvalue weighted by Crippen LogP contribution is 2.32. The lowest BCUT2D eigenvalue weighted by molar-refractivity contribution is -0.147. The lowest BCUT2D eigenvalue weighted by Crippen LogP contribution is -2.11. The Hall–Kier alpha value is -3.80. The van der Waals surface area contributed by atoms with E-state index in [1.165, 1.54) is 0 Å². The normalized spacial score (nSPS) is 11.1. The predicted octanol–water partition coefficient (Wildman–Crippen LogP) is 6.59. The number of aromatic nitrogens is 2. The Kier molecular flexibility index (Phi) is 8.03. The summed E-state index contributed by atoms with van der Waals surface area (Å²) in [6.07, 6.45) is 2.98. The van der Waals surface area contributed by atoms with E-state index >= 15 is 0 Å². The van der Waals surface area contributed by atoms with Gasteiger partial charge in [-0.2, -0.15) is 0 Å². The van der Waals surface area contributed by atoms with Gasteiger partial charge in [0.1, 0.15) is 17.3 Å². The Morgan fingerprint density at radius 2 is 1.74 bits per heavy atom. The van der Waals surface area contributed by atoms with Gasteiger partial charge in [0.05, 0.1) is 30.9 Å². The molecular weight excluding hydrogens is 440 g/mol. The molecule has 4 aromatic rings. The van der Waals surface area contributed by atoms with Crippen LogP contribution in [0.3, 0.4) is 0 Å². The highest BCUT2D eigenvalue weighted by atomic mass is 16.5. The molecule has 0 aliphatic heterocycles. The van der Waals surface area contributed by atoms with E-state index in [1.54, 1.807) is 7.11 Å². The summed E-state index contributed by atoms with van der Waals surface area (Å²) in [6.45, 7) is 4.32. The minimum Gasteiger partial charge on any atom is -0.497 e. The van der Waals surface area contributed by atoms with Crippen molar-refractivity contribution in [2.45, 2.75) is 45.6 Å². The van der Waals surface area contributed by atoms with E-state index in [1.807, 2.05) is 74.5 Å². The summed E-state index contributed by atoms with van der Waals surface area (Å²) in [5.74, 6) is 2.30. The second kappa shape index (κ2) is 11.6. The maximum atomic E-state index is 11.7. The molecule has 1 heterocycles. The van der Waals surface area contributed by atoms with Gasteiger partial charge in [-0.3, -0.25) is 9.36 Å². The summed E-state index contributed by atoms with van der Waals surface area (Å²) in [5, 5.41) is 0. The molecule has 0 saturated carbocycles. The lowest BCUT2D eigenvalue weighted by Gasteiger charge is -2.11. The number of ether oxygens (including phenoxy) is 3. The molecule has 0 unspecified atom stereocenters. The Labute approximate surface area is 206 Å². The standard InChI is InChI=1S/C29H32N2O4/c1-21(2)35-28(32)15-8-5-9-18-34-25-16-17-26-27(20-25)31(23-12-6-4-7-13-23)29(30-26)22-11-10-14-24(19-22)33-3/h4,6-7,10-14,16-17,19-21H,5,8-9,15,18H2,1-3H3. The van der Waals surface area contributed by atoms with Crippen LogP contribution in [0.2, 0.25) is 0 Å². The van der Waals surface area contributed by atoms with Gasteiger partial charge in [0.25, 0.3) is 0 Å². The SMILES string of the molecule is COc1cccc(-c2nc3ccc(OCCCCCC(=O)OC(C)C)cc3n2-c2ccccc2)c1. The number of carbonyl (C=O) groups excluding carboxylic acids is 1. The highest BCUT2D eigenvalue weighted by Gasteiger charge is 2.16. The molecule has 0 spiro atoms. The fourth-order valence-electron chi connectivity index (χ4n) is 4.00. The maximum Gasteiger partial charge on any atom is 0.306 e. The molecule has 0 aliphatic carbocycles. The molecule has 0 saturated heterocycles. The number of hydrogen-bond acceptors (Lipinski definition) is 5. The molecule has 0 N–H and O–H groups in total. The highest BCUT2D eigenvalue weighted by molar-refractivity contribution is 5.84. The summed E-state index contributed by atoms with van der Waals surface area (Å²) in [5.41, 5.74) is 3.87. The van der Waals surface area contributed by atoms with Crippen molar-refractivity contribution in [1.82, 2.24) is 9.55 Å². The summed E-state index contributed by atoms with van der Waals surface area (Å²) in [4.78, 5) is 16.6. The first-order chi connectivity index (χ1) is 17.0. The smallest absolute Gasteiger partial charge is 0.306 e. The van der Waals surface area contributed by atoms with Gasteiger partial charge < -0.3 is 14.2 Å². The Morgan fingerprint density at radius 3 is 2.51 bits per heavy atom. The number of imidazole rings is 1. The van der Waals surface area contributed by atoms with Gasteiger partial charge in [-0.15, -0.1) is 0 Å². The van der Waals surface area contributed by atoms with Gasteiger partial charge in [-0.05, 0) is 69.5 Å². The summed E-state index contributed by atoms with van der Waals surface area (Å²) >= 11 is 0. The first-order valence-electron chi connectivity index (χ1n) is 12.1. The second-order valence-corrected chi connectivity index (χ2v) is 8.69. The van der Waals surface area contributed by atoms with Crippen molar-refractivity contribution in [1.29, 1.82) is 0 Å². The van der Waals surface area contributed by atoms with Crippen LogP contribution in [0.4, 0.5) is 0 Å². The van der Waals surface area contributed by atoms with E-state index in [0.717, 1.165) is 58.9 Å². The van der Waals surface area contributed by atoms with Crippen molar-refractivity contribution in [3.05, 3.63) is 72.8 Å². The van der Waals surface area contributed by atoms with Crippen molar-refractivity contribution >= 4 is 17.0 Å². The third-order valence-electron chi connectivity index (χ3n) is 5.63. The Balaban J connectivity index is 1.51. The van der Waals surface area contributed by atoms with Gasteiger partial charge in [-0.1, -0.05) is 30.3 Å². The zero-order valence-electron chi connectivity index (χ0n) is 20.6. The number of para-hydroxylation sites is 1. The third-order valence-corrected chi connectivity index (χ3v) is 5.63. The van der Waals surface area contributed by atoms with Crippen LogP contribution in [0.5, 0.6) is 11.5 Å². The zero-order valence-corrected chi connectivity index (χ0v) is 20.6. The van der Waals surface area contributed by atoms with E-state index in [9.17, 15) is 4.79 Å². The molecule has 0 bridgehead atoms. The number of nitrogens with zero attached hydrogens (tertiary/aromatic N) is 2. The van der Waals surface area contributed by atoms with Gasteiger partial charge in [0.15, 0.2) is 0 Å². The zero-order chi connectivity index (χ0) is 24.6. The monoisotopic (exact) mass is 472 g/mol. The quantitative estimate of drug-likeness (QED) is 0.182. The van der Waals surface area contributed by atoms with Crippen LogP contribution in [0.1, 0.15) is 39.5 Å². The van der Waals surface area contributed by atoms with Gasteiger partial charge in [-0.25, -0.2) is 4.98 Å². The Morgan fingerprint density at radius 1 is 0.914 bits per heavy atom. The number of esters is 1. The molecule has 0 atom stereocenters. The number of carbonyl (C=O) groups is 1. The predicted molar refractivity (Wildman–Crippen MR) is 138 cm³/mol. The van der Waals surface area contributed by atoms with Crippen LogP contribution in [0.25, 0.3) is 28.1 Å². The molecule has 4 rings (SSSR count). The molecule has 0 amide bonds. The average molecular weight is 473 g/mol. The molecule has 0 fully saturated rings. The molecule has 3 aromatic carbocycles. The van der Waals surface area contributed by atoms with Crippen LogP contribution in [-0.2, 0) is 9.53 Å². The Bertz CT molecular complexity index is 1260. The first kappa shape index (κ1) is 24.3. The van der Waals surface area contributed by atoms with Gasteiger partial charge in [0, 0.05) is 23.7 Å². The topological polar surface area (TPSA) is 62.6 Å². The fourth-order valence-corrected chi connectivity index (χ4v) is 4.00. The summed E-state index contributed by atoms with van der Waals surface area (Å²) < 4.78 is 18.8. The van der Waals surface area contributed by atoms with Crippen molar-refractivity contribution in [3.8, 4) is 28.6 Å². The van der Waals surface area contributed by atoms with Crippen LogP contribution < -0.4 is 9.47 Å². The van der Waals surface area contributed by atoms with Crippen LogP contribution in [0.15, 0.2) is 72.8 Å². The first-order valence-corrected chi connectivity index (χ1v) is 12.1. The fraction of sp³-hybridized carbons (Fsp3) is 0.310. The molecule has 0 radical (unpaired) electrons. The maximum absolute atomic E-state index is 11.7.